The van der Waals surface area contributed by atoms with E-state index in [1.165, 1.54) is 23.9 Å². The molecule has 1 amide bonds. The molecule has 2 fully saturated rings. The predicted molar refractivity (Wildman–Crippen MR) is 120 cm³/mol. The lowest BCUT2D eigenvalue weighted by molar-refractivity contribution is -0.119. The SMILES string of the molecule is O=C(COc1ccc(Cl)cc1)N=C1S[C@H]2CS(=O)(=O)C[C@@H]2N1CCc1ccc(F)cc1. The Hall–Kier alpha value is -2.10. The van der Waals surface area contributed by atoms with Gasteiger partial charge in [-0.25, -0.2) is 12.8 Å². The molecule has 2 heterocycles. The number of ether oxygens (including phenoxy) is 1. The summed E-state index contributed by atoms with van der Waals surface area (Å²) < 4.78 is 42.8. The molecule has 0 aromatic heterocycles. The summed E-state index contributed by atoms with van der Waals surface area (Å²) in [5, 5.41) is 0.929. The molecule has 6 nitrogen and oxygen atoms in total. The predicted octanol–water partition coefficient (Wildman–Crippen LogP) is 3.20. The van der Waals surface area contributed by atoms with Crippen molar-refractivity contribution in [2.45, 2.75) is 17.7 Å². The molecule has 0 bridgehead atoms. The minimum absolute atomic E-state index is 0.0442. The Bertz CT molecular complexity index is 1090. The molecule has 2 atom stereocenters. The molecule has 2 aliphatic heterocycles. The molecule has 0 unspecified atom stereocenters. The second kappa shape index (κ2) is 9.18. The standard InChI is InChI=1S/C21H20ClFN2O4S2/c22-15-3-7-17(8-4-15)29-11-20(26)24-21-25(10-9-14-1-5-16(23)6-2-14)18-12-31(27,28)13-19(18)30-21/h1-8,18-19H,9-13H2/t18-,19-/m0/s1. The fourth-order valence-electron chi connectivity index (χ4n) is 3.61. The molecule has 0 saturated carbocycles. The number of halogens is 2. The van der Waals surface area contributed by atoms with Crippen LogP contribution in [0.5, 0.6) is 5.75 Å². The molecule has 4 rings (SSSR count). The lowest BCUT2D eigenvalue weighted by Crippen LogP contribution is -2.39. The van der Waals surface area contributed by atoms with Gasteiger partial charge in [0.25, 0.3) is 5.91 Å². The van der Waals surface area contributed by atoms with Crippen molar-refractivity contribution in [3.8, 4) is 5.75 Å². The van der Waals surface area contributed by atoms with Gasteiger partial charge in [-0.05, 0) is 48.4 Å². The van der Waals surface area contributed by atoms with Gasteiger partial charge in [-0.3, -0.25) is 4.79 Å². The highest BCUT2D eigenvalue weighted by atomic mass is 35.5. The number of amidine groups is 1. The molecule has 31 heavy (non-hydrogen) atoms. The van der Waals surface area contributed by atoms with Crippen LogP contribution in [0.15, 0.2) is 53.5 Å². The van der Waals surface area contributed by atoms with E-state index in [4.69, 9.17) is 16.3 Å². The maximum atomic E-state index is 13.2. The van der Waals surface area contributed by atoms with Crippen LogP contribution in [0.4, 0.5) is 4.39 Å². The zero-order valence-corrected chi connectivity index (χ0v) is 18.8. The first-order valence-electron chi connectivity index (χ1n) is 9.67. The van der Waals surface area contributed by atoms with E-state index in [1.807, 2.05) is 4.90 Å². The number of carbonyl (C=O) groups excluding carboxylic acids is 1. The Morgan fingerprint density at radius 3 is 2.58 bits per heavy atom. The Balaban J connectivity index is 1.45. The van der Waals surface area contributed by atoms with Crippen LogP contribution in [0.1, 0.15) is 5.56 Å². The maximum absolute atomic E-state index is 13.2. The molecule has 2 aromatic carbocycles. The molecule has 0 N–H and O–H groups in total. The number of hydrogen-bond acceptors (Lipinski definition) is 5. The monoisotopic (exact) mass is 482 g/mol. The third-order valence-corrected chi connectivity index (χ3v) is 8.63. The summed E-state index contributed by atoms with van der Waals surface area (Å²) in [5.41, 5.74) is 0.924. The van der Waals surface area contributed by atoms with Crippen molar-refractivity contribution in [2.24, 2.45) is 4.99 Å². The summed E-state index contributed by atoms with van der Waals surface area (Å²) in [6, 6.07) is 12.6. The van der Waals surface area contributed by atoms with Crippen molar-refractivity contribution in [1.82, 2.24) is 4.90 Å². The molecule has 0 aliphatic carbocycles. The maximum Gasteiger partial charge on any atom is 0.285 e. The van der Waals surface area contributed by atoms with E-state index in [1.54, 1.807) is 36.4 Å². The first-order valence-corrected chi connectivity index (χ1v) is 12.7. The molecule has 164 valence electrons. The summed E-state index contributed by atoms with van der Waals surface area (Å²) >= 11 is 7.16. The van der Waals surface area contributed by atoms with Crippen LogP contribution >= 0.6 is 23.4 Å². The van der Waals surface area contributed by atoms with E-state index in [0.29, 0.717) is 28.9 Å². The molecule has 10 heteroatoms. The van der Waals surface area contributed by atoms with Crippen LogP contribution in [0, 0.1) is 5.82 Å². The second-order valence-corrected chi connectivity index (χ2v) is 11.2. The number of hydrogen-bond donors (Lipinski definition) is 0. The van der Waals surface area contributed by atoms with Crippen LogP contribution in [-0.4, -0.2) is 60.3 Å². The molecule has 2 aromatic rings. The van der Waals surface area contributed by atoms with Crippen LogP contribution in [0.2, 0.25) is 5.02 Å². The van der Waals surface area contributed by atoms with Gasteiger partial charge in [-0.1, -0.05) is 35.5 Å². The van der Waals surface area contributed by atoms with E-state index in [0.717, 1.165) is 5.56 Å². The second-order valence-electron chi connectivity index (χ2n) is 7.40. The minimum Gasteiger partial charge on any atom is -0.484 e. The summed E-state index contributed by atoms with van der Waals surface area (Å²) in [5.74, 6) is -0.136. The highest BCUT2D eigenvalue weighted by Crippen LogP contribution is 2.38. The van der Waals surface area contributed by atoms with Crippen molar-refractivity contribution in [2.75, 3.05) is 24.7 Å². The fourth-order valence-corrected chi connectivity index (χ4v) is 7.73. The van der Waals surface area contributed by atoms with Gasteiger partial charge in [0.2, 0.25) is 0 Å². The molecule has 2 saturated heterocycles. The van der Waals surface area contributed by atoms with Crippen molar-refractivity contribution in [1.29, 1.82) is 0 Å². The number of nitrogens with zero attached hydrogens (tertiary/aromatic N) is 2. The quantitative estimate of drug-likeness (QED) is 0.629. The average Bonchev–Trinajstić information content (AvgIpc) is 3.18. The lowest BCUT2D eigenvalue weighted by atomic mass is 10.1. The Morgan fingerprint density at radius 2 is 1.87 bits per heavy atom. The number of amides is 1. The van der Waals surface area contributed by atoms with Crippen LogP contribution < -0.4 is 4.74 Å². The smallest absolute Gasteiger partial charge is 0.285 e. The number of fused-ring (bicyclic) bond motifs is 1. The Kier molecular flexibility index (Phi) is 6.55. The summed E-state index contributed by atoms with van der Waals surface area (Å²) in [4.78, 5) is 18.5. The van der Waals surface area contributed by atoms with Gasteiger partial charge < -0.3 is 9.64 Å². The van der Waals surface area contributed by atoms with Gasteiger partial charge in [-0.2, -0.15) is 4.99 Å². The highest BCUT2D eigenvalue weighted by Gasteiger charge is 2.48. The first kappa shape index (κ1) is 22.1. The molecular formula is C21H20ClFN2O4S2. The van der Waals surface area contributed by atoms with Gasteiger partial charge in [0.05, 0.1) is 17.5 Å². The van der Waals surface area contributed by atoms with Crippen LogP contribution in [-0.2, 0) is 21.1 Å². The highest BCUT2D eigenvalue weighted by molar-refractivity contribution is 8.15. The third-order valence-electron chi connectivity index (χ3n) is 5.13. The van der Waals surface area contributed by atoms with Crippen molar-refractivity contribution in [3.05, 3.63) is 64.9 Å². The Labute approximate surface area is 189 Å². The van der Waals surface area contributed by atoms with Gasteiger partial charge in [0, 0.05) is 16.8 Å². The first-order chi connectivity index (χ1) is 14.8. The number of thioether (sulfide) groups is 1. The van der Waals surface area contributed by atoms with Gasteiger partial charge in [0.15, 0.2) is 21.6 Å². The summed E-state index contributed by atoms with van der Waals surface area (Å²) in [6.45, 7) is 0.255. The summed E-state index contributed by atoms with van der Waals surface area (Å²) in [6.07, 6.45) is 0.582. The molecule has 0 radical (unpaired) electrons. The van der Waals surface area contributed by atoms with Crippen molar-refractivity contribution in [3.63, 3.8) is 0 Å². The van der Waals surface area contributed by atoms with Crippen LogP contribution in [0.25, 0.3) is 0 Å². The van der Waals surface area contributed by atoms with Crippen molar-refractivity contribution >= 4 is 44.3 Å². The van der Waals surface area contributed by atoms with E-state index >= 15 is 0 Å². The Morgan fingerprint density at radius 1 is 1.16 bits per heavy atom. The number of aliphatic imine (C=N–C) groups is 1. The topological polar surface area (TPSA) is 76.0 Å². The van der Waals surface area contributed by atoms with Gasteiger partial charge >= 0.3 is 0 Å². The number of benzene rings is 2. The van der Waals surface area contributed by atoms with E-state index in [2.05, 4.69) is 4.99 Å². The average molecular weight is 483 g/mol. The van der Waals surface area contributed by atoms with Crippen LogP contribution in [0.3, 0.4) is 0 Å². The zero-order chi connectivity index (χ0) is 22.0. The number of rotatable bonds is 6. The molecule has 2 aliphatic rings. The normalized spacial score (nSPS) is 23.2. The summed E-state index contributed by atoms with van der Waals surface area (Å²) in [7, 11) is -3.12. The molecular weight excluding hydrogens is 463 g/mol. The minimum atomic E-state index is -3.12. The largest absolute Gasteiger partial charge is 0.484 e. The third kappa shape index (κ3) is 5.58. The fraction of sp³-hybridized carbons (Fsp3) is 0.333. The van der Waals surface area contributed by atoms with Gasteiger partial charge in [0.1, 0.15) is 11.6 Å². The zero-order valence-electron chi connectivity index (χ0n) is 16.4. The number of sulfone groups is 1. The van der Waals surface area contributed by atoms with E-state index < -0.39 is 15.7 Å². The molecule has 0 spiro atoms. The van der Waals surface area contributed by atoms with E-state index in [-0.39, 0.29) is 35.2 Å². The van der Waals surface area contributed by atoms with Gasteiger partial charge in [-0.15, -0.1) is 0 Å². The lowest BCUT2D eigenvalue weighted by Gasteiger charge is -2.24. The number of carbonyl (C=O) groups is 1. The van der Waals surface area contributed by atoms with Crippen molar-refractivity contribution < 1.29 is 22.3 Å². The van der Waals surface area contributed by atoms with E-state index in [9.17, 15) is 17.6 Å².